The average molecular weight is 417 g/mol. The highest BCUT2D eigenvalue weighted by Gasteiger charge is 2.23. The van der Waals surface area contributed by atoms with Gasteiger partial charge in [0.15, 0.2) is 9.84 Å². The molecule has 2 nitrogen and oxygen atoms in total. The van der Waals surface area contributed by atoms with Crippen molar-refractivity contribution in [2.75, 3.05) is 0 Å². The minimum absolute atomic E-state index is 0. The molecule has 155 valence electrons. The Bertz CT molecular complexity index is 923. The number of benzene rings is 2. The summed E-state index contributed by atoms with van der Waals surface area (Å²) in [4.78, 5) is 0.440. The summed E-state index contributed by atoms with van der Waals surface area (Å²) in [6, 6.07) is 16.3. The molecule has 0 aliphatic carbocycles. The van der Waals surface area contributed by atoms with Crippen LogP contribution in [0.1, 0.15) is 71.1 Å². The summed E-state index contributed by atoms with van der Waals surface area (Å²) in [5.74, 6) is 0.624. The zero-order valence-electron chi connectivity index (χ0n) is 19.3. The second-order valence-electron chi connectivity index (χ2n) is 9.35. The summed E-state index contributed by atoms with van der Waals surface area (Å²) in [5, 5.41) is 1.27. The van der Waals surface area contributed by atoms with Crippen LogP contribution in [0.4, 0.5) is 0 Å². The van der Waals surface area contributed by atoms with Gasteiger partial charge in [-0.25, -0.2) is 8.42 Å². The summed E-state index contributed by atoms with van der Waals surface area (Å²) in [7, 11) is 4.83. The van der Waals surface area contributed by atoms with Crippen molar-refractivity contribution in [2.45, 2.75) is 64.7 Å². The fourth-order valence-corrected chi connectivity index (χ4v) is 4.09. The fourth-order valence-electron chi connectivity index (χ4n) is 2.86. The van der Waals surface area contributed by atoms with E-state index < -0.39 is 9.84 Å². The molecule has 6 heteroatoms. The normalized spacial score (nSPS) is 14.8. The molecular weight excluding hydrogens is 385 g/mol. The number of rotatable bonds is 1. The predicted molar refractivity (Wildman–Crippen MR) is 133 cm³/mol. The Morgan fingerprint density at radius 1 is 0.867 bits per heavy atom. The molecule has 0 spiro atoms. The van der Waals surface area contributed by atoms with Crippen LogP contribution >= 0.6 is 0 Å². The SMILES string of the molecule is CC(C)(C)c1ccc2c(c1)S(=O)(=O)C=C2.C[C@@H](c1ccccc1)C(C)(C)C.[B].[B][B]. The topological polar surface area (TPSA) is 34.1 Å². The second-order valence-corrected chi connectivity index (χ2v) is 11.2. The van der Waals surface area contributed by atoms with Gasteiger partial charge in [0.05, 0.1) is 4.90 Å². The van der Waals surface area contributed by atoms with Crippen LogP contribution in [0.5, 0.6) is 0 Å². The summed E-state index contributed by atoms with van der Waals surface area (Å²) in [6.07, 6.45) is 1.65. The molecule has 1 aliphatic heterocycles. The largest absolute Gasteiger partial charge is 0.219 e. The first-order valence-corrected chi connectivity index (χ1v) is 11.3. The van der Waals surface area contributed by atoms with Crippen LogP contribution in [0.15, 0.2) is 58.8 Å². The number of sulfone groups is 1. The van der Waals surface area contributed by atoms with E-state index in [1.807, 2.05) is 12.1 Å². The van der Waals surface area contributed by atoms with Crippen molar-refractivity contribution in [2.24, 2.45) is 5.41 Å². The molecule has 3 rings (SSSR count). The van der Waals surface area contributed by atoms with Crippen LogP contribution in [-0.2, 0) is 15.3 Å². The van der Waals surface area contributed by atoms with E-state index in [4.69, 9.17) is 0 Å². The maximum absolute atomic E-state index is 11.6. The van der Waals surface area contributed by atoms with Crippen LogP contribution in [-0.4, -0.2) is 32.3 Å². The average Bonchev–Trinajstić information content (AvgIpc) is 2.97. The van der Waals surface area contributed by atoms with Gasteiger partial charge in [0.1, 0.15) is 0 Å². The molecule has 0 saturated carbocycles. The van der Waals surface area contributed by atoms with Crippen molar-refractivity contribution in [3.63, 3.8) is 0 Å². The van der Waals surface area contributed by atoms with E-state index in [-0.39, 0.29) is 13.8 Å². The first-order chi connectivity index (χ1) is 13.3. The maximum atomic E-state index is 11.6. The third-order valence-corrected chi connectivity index (χ3v) is 6.67. The second kappa shape index (κ2) is 11.1. The van der Waals surface area contributed by atoms with Crippen LogP contribution in [0.25, 0.3) is 6.08 Å². The van der Waals surface area contributed by atoms with Crippen molar-refractivity contribution in [1.29, 1.82) is 0 Å². The number of fused-ring (bicyclic) bond motifs is 1. The molecule has 1 aliphatic rings. The highest BCUT2D eigenvalue weighted by Crippen LogP contribution is 2.34. The zero-order chi connectivity index (χ0) is 22.5. The van der Waals surface area contributed by atoms with Crippen molar-refractivity contribution < 1.29 is 8.42 Å². The van der Waals surface area contributed by atoms with Gasteiger partial charge in [-0.1, -0.05) is 90.9 Å². The minimum atomic E-state index is -3.17. The molecule has 1 atom stereocenters. The molecule has 0 saturated heterocycles. The summed E-state index contributed by atoms with van der Waals surface area (Å²) in [5.41, 5.74) is 3.62. The summed E-state index contributed by atoms with van der Waals surface area (Å²) < 4.78 is 23.3. The van der Waals surface area contributed by atoms with Gasteiger partial charge in [-0.05, 0) is 45.6 Å². The summed E-state index contributed by atoms with van der Waals surface area (Å²) >= 11 is 0. The van der Waals surface area contributed by atoms with Gasteiger partial charge in [0.2, 0.25) is 0 Å². The van der Waals surface area contributed by atoms with Crippen LogP contribution < -0.4 is 0 Å². The zero-order valence-corrected chi connectivity index (χ0v) is 20.1. The minimum Gasteiger partial charge on any atom is -0.219 e. The molecule has 0 fully saturated rings. The van der Waals surface area contributed by atoms with E-state index in [0.717, 1.165) is 11.1 Å². The van der Waals surface area contributed by atoms with Crippen LogP contribution in [0.3, 0.4) is 0 Å². The van der Waals surface area contributed by atoms with E-state index in [0.29, 0.717) is 16.2 Å². The van der Waals surface area contributed by atoms with Gasteiger partial charge in [0.25, 0.3) is 0 Å². The third-order valence-electron chi connectivity index (χ3n) is 5.21. The van der Waals surface area contributed by atoms with Crippen molar-refractivity contribution in [3.05, 3.63) is 70.6 Å². The van der Waals surface area contributed by atoms with Crippen molar-refractivity contribution in [1.82, 2.24) is 0 Å². The lowest BCUT2D eigenvalue weighted by Crippen LogP contribution is -2.14. The first-order valence-electron chi connectivity index (χ1n) is 9.78. The molecular formula is C24H32B3O2S. The van der Waals surface area contributed by atoms with Gasteiger partial charge in [0, 0.05) is 29.3 Å². The van der Waals surface area contributed by atoms with Gasteiger partial charge in [-0.2, -0.15) is 0 Å². The summed E-state index contributed by atoms with van der Waals surface area (Å²) in [6.45, 7) is 15.4. The van der Waals surface area contributed by atoms with Gasteiger partial charge in [-0.3, -0.25) is 0 Å². The molecule has 30 heavy (non-hydrogen) atoms. The molecule has 2 aromatic carbocycles. The molecule has 2 aromatic rings. The number of hydrogen-bond acceptors (Lipinski definition) is 2. The molecule has 0 unspecified atom stereocenters. The third kappa shape index (κ3) is 7.54. The Morgan fingerprint density at radius 3 is 1.87 bits per heavy atom. The van der Waals surface area contributed by atoms with E-state index >= 15 is 0 Å². The lowest BCUT2D eigenvalue weighted by atomic mass is 9.78. The Balaban J connectivity index is 0.000000513. The van der Waals surface area contributed by atoms with Crippen molar-refractivity contribution in [3.8, 4) is 0 Å². The Hall–Kier alpha value is -1.68. The monoisotopic (exact) mass is 417 g/mol. The molecule has 7 radical (unpaired) electrons. The quantitative estimate of drug-likeness (QED) is 0.580. The molecule has 0 bridgehead atoms. The van der Waals surface area contributed by atoms with E-state index in [9.17, 15) is 8.42 Å². The highest BCUT2D eigenvalue weighted by molar-refractivity contribution is 7.94. The Morgan fingerprint density at radius 2 is 1.40 bits per heavy atom. The smallest absolute Gasteiger partial charge is 0.200 e. The Labute approximate surface area is 188 Å². The van der Waals surface area contributed by atoms with E-state index in [2.05, 4.69) is 94.3 Å². The van der Waals surface area contributed by atoms with Crippen LogP contribution in [0, 0.1) is 5.41 Å². The maximum Gasteiger partial charge on any atom is 0.200 e. The molecule has 0 N–H and O–H groups in total. The molecule has 1 heterocycles. The Kier molecular flexibility index (Phi) is 10.5. The van der Waals surface area contributed by atoms with Gasteiger partial charge >= 0.3 is 0 Å². The lowest BCUT2D eigenvalue weighted by molar-refractivity contribution is 0.339. The molecule has 0 amide bonds. The molecule has 0 aromatic heterocycles. The number of hydrogen-bond donors (Lipinski definition) is 0. The lowest BCUT2D eigenvalue weighted by Gasteiger charge is -2.27. The first kappa shape index (κ1) is 28.3. The van der Waals surface area contributed by atoms with Gasteiger partial charge in [-0.15, -0.1) is 0 Å². The van der Waals surface area contributed by atoms with E-state index in [1.54, 1.807) is 12.1 Å². The van der Waals surface area contributed by atoms with E-state index in [1.165, 1.54) is 11.0 Å². The van der Waals surface area contributed by atoms with Crippen molar-refractivity contribution >= 4 is 39.8 Å². The fraction of sp³-hybridized carbons (Fsp3) is 0.417. The van der Waals surface area contributed by atoms with Gasteiger partial charge < -0.3 is 0 Å². The van der Waals surface area contributed by atoms with Crippen LogP contribution in [0.2, 0.25) is 0 Å². The predicted octanol–water partition coefficient (Wildman–Crippen LogP) is 5.44. The standard InChI is InChI=1S/C12H14O2S.C12H18.B2.B/c1-12(2,3)10-5-4-9-6-7-15(13,14)11(9)8-10;1-10(12(2,3)4)11-8-6-5-7-9-11;1-2;/h4-8H,1-3H3;5-10H,1-4H3;;/t;10-;;/m.0../s1. The highest BCUT2D eigenvalue weighted by atomic mass is 32.2.